The fraction of sp³-hybridized carbons (Fsp3) is 0.167. The van der Waals surface area contributed by atoms with E-state index >= 15 is 0 Å². The molecule has 0 fully saturated rings. The fourth-order valence-corrected chi connectivity index (χ4v) is 3.46. The van der Waals surface area contributed by atoms with Crippen molar-refractivity contribution in [3.8, 4) is 0 Å². The summed E-state index contributed by atoms with van der Waals surface area (Å²) in [7, 11) is 0. The molecule has 100 valence electrons. The van der Waals surface area contributed by atoms with Crippen LogP contribution in [0.3, 0.4) is 0 Å². The van der Waals surface area contributed by atoms with Gasteiger partial charge in [0.2, 0.25) is 5.91 Å². The Labute approximate surface area is 131 Å². The number of amides is 1. The molecule has 2 heterocycles. The van der Waals surface area contributed by atoms with E-state index in [0.717, 1.165) is 13.8 Å². The first kappa shape index (κ1) is 14.6. The molecule has 0 bridgehead atoms. The highest BCUT2D eigenvalue weighted by Crippen LogP contribution is 2.25. The average molecular weight is 405 g/mol. The van der Waals surface area contributed by atoms with Gasteiger partial charge < -0.3 is 5.73 Å². The Balaban J connectivity index is 2.17. The number of nitrogens with two attached hydrogens (primary N) is 1. The van der Waals surface area contributed by atoms with Crippen LogP contribution >= 0.6 is 43.2 Å². The normalized spacial score (nSPS) is 12.3. The summed E-state index contributed by atoms with van der Waals surface area (Å²) < 4.78 is 1.58. The van der Waals surface area contributed by atoms with Crippen LogP contribution in [-0.4, -0.2) is 10.9 Å². The third-order valence-corrected chi connectivity index (χ3v) is 4.40. The number of hydrogen-bond acceptors (Lipinski definition) is 4. The summed E-state index contributed by atoms with van der Waals surface area (Å²) >= 11 is 8.35. The third-order valence-electron chi connectivity index (χ3n) is 2.45. The van der Waals surface area contributed by atoms with Crippen molar-refractivity contribution in [2.24, 2.45) is 5.73 Å². The summed E-state index contributed by atoms with van der Waals surface area (Å²) in [5.41, 5.74) is 6.03. The first-order chi connectivity index (χ1) is 9.08. The van der Waals surface area contributed by atoms with Crippen LogP contribution in [0.15, 0.2) is 38.7 Å². The van der Waals surface area contributed by atoms with E-state index in [2.05, 4.69) is 42.2 Å². The number of carbonyl (C=O) groups is 1. The first-order valence-corrected chi connectivity index (χ1v) is 7.90. The Kier molecular flexibility index (Phi) is 5.09. The van der Waals surface area contributed by atoms with Crippen LogP contribution in [-0.2, 0) is 11.3 Å². The number of carbonyl (C=O) groups excluding carboxylic acids is 1. The zero-order valence-corrected chi connectivity index (χ0v) is 13.8. The van der Waals surface area contributed by atoms with Gasteiger partial charge in [0, 0.05) is 26.6 Å². The standard InChI is InChI=1S/C12H11Br2N3OS/c13-7-4-9(14)10(16-5-7)11(12(15)18)17-6-8-2-1-3-19-8/h1-5,11,17H,6H2,(H2,15,18). The van der Waals surface area contributed by atoms with Crippen LogP contribution in [0.5, 0.6) is 0 Å². The minimum absolute atomic E-state index is 0.452. The van der Waals surface area contributed by atoms with Crippen molar-refractivity contribution in [3.05, 3.63) is 49.3 Å². The zero-order valence-electron chi connectivity index (χ0n) is 9.77. The van der Waals surface area contributed by atoms with Gasteiger partial charge in [0.1, 0.15) is 6.04 Å². The number of nitrogens with zero attached hydrogens (tertiary/aromatic N) is 1. The second-order valence-electron chi connectivity index (χ2n) is 3.82. The molecule has 2 aromatic rings. The molecular weight excluding hydrogens is 394 g/mol. The number of halogens is 2. The van der Waals surface area contributed by atoms with Crippen molar-refractivity contribution in [1.82, 2.24) is 10.3 Å². The summed E-state index contributed by atoms with van der Waals surface area (Å²) in [6, 6.07) is 5.18. The number of primary amides is 1. The van der Waals surface area contributed by atoms with E-state index in [0.29, 0.717) is 12.2 Å². The molecule has 1 amide bonds. The van der Waals surface area contributed by atoms with Gasteiger partial charge >= 0.3 is 0 Å². The lowest BCUT2D eigenvalue weighted by Gasteiger charge is -2.16. The molecule has 1 unspecified atom stereocenters. The largest absolute Gasteiger partial charge is 0.368 e. The molecule has 0 spiro atoms. The summed E-state index contributed by atoms with van der Waals surface area (Å²) in [6.45, 7) is 0.579. The summed E-state index contributed by atoms with van der Waals surface area (Å²) in [5.74, 6) is -0.452. The van der Waals surface area contributed by atoms with Crippen LogP contribution in [0.1, 0.15) is 16.6 Å². The Hall–Kier alpha value is -0.760. The highest BCUT2D eigenvalue weighted by Gasteiger charge is 2.21. The molecule has 0 aromatic carbocycles. The molecule has 2 aromatic heterocycles. The third kappa shape index (κ3) is 3.85. The van der Waals surface area contributed by atoms with Gasteiger partial charge in [-0.3, -0.25) is 15.1 Å². The van der Waals surface area contributed by atoms with E-state index in [9.17, 15) is 4.79 Å². The predicted octanol–water partition coefficient (Wildman–Crippen LogP) is 2.98. The molecule has 0 aliphatic carbocycles. The van der Waals surface area contributed by atoms with Gasteiger partial charge in [0.15, 0.2) is 0 Å². The van der Waals surface area contributed by atoms with Crippen molar-refractivity contribution in [3.63, 3.8) is 0 Å². The molecule has 1 atom stereocenters. The number of rotatable bonds is 5. The number of hydrogen-bond donors (Lipinski definition) is 2. The van der Waals surface area contributed by atoms with E-state index < -0.39 is 11.9 Å². The SMILES string of the molecule is NC(=O)C(NCc1cccs1)c1ncc(Br)cc1Br. The quantitative estimate of drug-likeness (QED) is 0.804. The number of aromatic nitrogens is 1. The Bertz CT molecular complexity index is 574. The number of nitrogens with one attached hydrogen (secondary N) is 1. The molecule has 3 N–H and O–H groups in total. The van der Waals surface area contributed by atoms with Gasteiger partial charge in [-0.05, 0) is 49.4 Å². The van der Waals surface area contributed by atoms with Crippen molar-refractivity contribution < 1.29 is 4.79 Å². The van der Waals surface area contributed by atoms with Crippen LogP contribution in [0, 0.1) is 0 Å². The predicted molar refractivity (Wildman–Crippen MR) is 82.7 cm³/mol. The molecule has 19 heavy (non-hydrogen) atoms. The molecule has 2 rings (SSSR count). The first-order valence-electron chi connectivity index (χ1n) is 5.44. The van der Waals surface area contributed by atoms with Gasteiger partial charge in [-0.2, -0.15) is 0 Å². The van der Waals surface area contributed by atoms with Crippen LogP contribution in [0.25, 0.3) is 0 Å². The van der Waals surface area contributed by atoms with Crippen molar-refractivity contribution in [2.75, 3.05) is 0 Å². The minimum Gasteiger partial charge on any atom is -0.368 e. The number of pyridine rings is 1. The summed E-state index contributed by atoms with van der Waals surface area (Å²) in [6.07, 6.45) is 1.64. The van der Waals surface area contributed by atoms with E-state index in [-0.39, 0.29) is 0 Å². The van der Waals surface area contributed by atoms with Crippen LogP contribution in [0.2, 0.25) is 0 Å². The van der Waals surface area contributed by atoms with E-state index in [4.69, 9.17) is 5.73 Å². The smallest absolute Gasteiger partial charge is 0.240 e. The van der Waals surface area contributed by atoms with Gasteiger partial charge in [-0.1, -0.05) is 6.07 Å². The van der Waals surface area contributed by atoms with E-state index in [1.165, 1.54) is 0 Å². The minimum atomic E-state index is -0.621. The van der Waals surface area contributed by atoms with Crippen LogP contribution in [0.4, 0.5) is 0 Å². The van der Waals surface area contributed by atoms with Crippen LogP contribution < -0.4 is 11.1 Å². The maximum Gasteiger partial charge on any atom is 0.240 e. The lowest BCUT2D eigenvalue weighted by atomic mass is 10.1. The van der Waals surface area contributed by atoms with Gasteiger partial charge in [0.05, 0.1) is 5.69 Å². The summed E-state index contributed by atoms with van der Waals surface area (Å²) in [4.78, 5) is 17.0. The fourth-order valence-electron chi connectivity index (χ4n) is 1.59. The molecule has 0 aliphatic rings. The second kappa shape index (κ2) is 6.60. The van der Waals surface area contributed by atoms with E-state index in [1.807, 2.05) is 23.6 Å². The van der Waals surface area contributed by atoms with Gasteiger partial charge in [0.25, 0.3) is 0 Å². The lowest BCUT2D eigenvalue weighted by molar-refractivity contribution is -0.120. The maximum atomic E-state index is 11.6. The molecule has 7 heteroatoms. The summed E-state index contributed by atoms with van der Waals surface area (Å²) in [5, 5.41) is 5.12. The Morgan fingerprint density at radius 2 is 2.32 bits per heavy atom. The van der Waals surface area contributed by atoms with Crippen molar-refractivity contribution in [1.29, 1.82) is 0 Å². The molecule has 0 saturated heterocycles. The lowest BCUT2D eigenvalue weighted by Crippen LogP contribution is -2.34. The Morgan fingerprint density at radius 3 is 2.89 bits per heavy atom. The molecule has 4 nitrogen and oxygen atoms in total. The maximum absolute atomic E-state index is 11.6. The number of thiophene rings is 1. The Morgan fingerprint density at radius 1 is 1.53 bits per heavy atom. The molecule has 0 aliphatic heterocycles. The van der Waals surface area contributed by atoms with Gasteiger partial charge in [-0.15, -0.1) is 11.3 Å². The second-order valence-corrected chi connectivity index (χ2v) is 6.62. The highest BCUT2D eigenvalue weighted by atomic mass is 79.9. The molecule has 0 radical (unpaired) electrons. The highest BCUT2D eigenvalue weighted by molar-refractivity contribution is 9.11. The molecule has 0 saturated carbocycles. The average Bonchev–Trinajstić information content (AvgIpc) is 2.84. The zero-order chi connectivity index (χ0) is 13.8. The van der Waals surface area contributed by atoms with Crippen molar-refractivity contribution >= 4 is 49.1 Å². The topological polar surface area (TPSA) is 68.0 Å². The van der Waals surface area contributed by atoms with Crippen molar-refractivity contribution in [2.45, 2.75) is 12.6 Å². The van der Waals surface area contributed by atoms with Gasteiger partial charge in [-0.25, -0.2) is 0 Å². The van der Waals surface area contributed by atoms with E-state index in [1.54, 1.807) is 17.5 Å². The monoisotopic (exact) mass is 403 g/mol. The molecular formula is C12H11Br2N3OS.